The van der Waals surface area contributed by atoms with Crippen molar-refractivity contribution in [3.8, 4) is 0 Å². The molecule has 5 heteroatoms. The summed E-state index contributed by atoms with van der Waals surface area (Å²) in [6, 6.07) is 7.92. The summed E-state index contributed by atoms with van der Waals surface area (Å²) >= 11 is 0. The van der Waals surface area contributed by atoms with Gasteiger partial charge in [0.05, 0.1) is 17.9 Å². The minimum absolute atomic E-state index is 0.00829. The molecule has 2 heterocycles. The number of hydrogen-bond donors (Lipinski definition) is 1. The van der Waals surface area contributed by atoms with Crippen LogP contribution in [-0.4, -0.2) is 41.4 Å². The maximum Gasteiger partial charge on any atom is 0.250 e. The zero-order chi connectivity index (χ0) is 16.6. The number of piperidine rings is 1. The summed E-state index contributed by atoms with van der Waals surface area (Å²) in [6.07, 6.45) is 3.50. The Hall–Kier alpha value is -1.88. The second kappa shape index (κ2) is 5.96. The van der Waals surface area contributed by atoms with Crippen LogP contribution in [0, 0.1) is 0 Å². The first kappa shape index (κ1) is 16.0. The number of benzene rings is 1. The topological polar surface area (TPSA) is 52.7 Å². The van der Waals surface area contributed by atoms with E-state index in [1.54, 1.807) is 18.7 Å². The van der Waals surface area contributed by atoms with Crippen molar-refractivity contribution in [1.82, 2.24) is 4.90 Å². The van der Waals surface area contributed by atoms with Gasteiger partial charge in [-0.25, -0.2) is 0 Å². The second-order valence-electron chi connectivity index (χ2n) is 7.07. The second-order valence-corrected chi connectivity index (χ2v) is 7.07. The van der Waals surface area contributed by atoms with E-state index in [1.807, 2.05) is 24.3 Å². The molecule has 0 spiro atoms. The van der Waals surface area contributed by atoms with E-state index in [9.17, 15) is 9.59 Å². The SMILES string of the molecule is C[C@H]1CCCCN1CC(=O)N1c2ccccc2NC(=O)C1(C)C. The molecule has 1 N–H and O–H groups in total. The lowest BCUT2D eigenvalue weighted by Crippen LogP contribution is -2.60. The minimum Gasteiger partial charge on any atom is -0.322 e. The lowest BCUT2D eigenvalue weighted by Gasteiger charge is -2.43. The third-order valence-corrected chi connectivity index (χ3v) is 5.04. The summed E-state index contributed by atoms with van der Waals surface area (Å²) in [5, 5.41) is 2.90. The van der Waals surface area contributed by atoms with Crippen molar-refractivity contribution in [3.05, 3.63) is 24.3 Å². The van der Waals surface area contributed by atoms with E-state index in [2.05, 4.69) is 17.1 Å². The average molecular weight is 315 g/mol. The van der Waals surface area contributed by atoms with Gasteiger partial charge in [0.25, 0.3) is 0 Å². The Morgan fingerprint density at radius 2 is 2.04 bits per heavy atom. The van der Waals surface area contributed by atoms with Crippen LogP contribution in [0.2, 0.25) is 0 Å². The van der Waals surface area contributed by atoms with Gasteiger partial charge in [-0.15, -0.1) is 0 Å². The van der Waals surface area contributed by atoms with Crippen molar-refractivity contribution >= 4 is 23.2 Å². The van der Waals surface area contributed by atoms with Gasteiger partial charge in [0.15, 0.2) is 0 Å². The number of nitrogens with zero attached hydrogens (tertiary/aromatic N) is 2. The van der Waals surface area contributed by atoms with Crippen LogP contribution in [0.15, 0.2) is 24.3 Å². The predicted molar refractivity (Wildman–Crippen MR) is 91.5 cm³/mol. The molecule has 0 saturated carbocycles. The van der Waals surface area contributed by atoms with Crippen LogP contribution < -0.4 is 10.2 Å². The Labute approximate surface area is 137 Å². The fourth-order valence-electron chi connectivity index (χ4n) is 3.54. The van der Waals surface area contributed by atoms with Crippen LogP contribution in [0.3, 0.4) is 0 Å². The number of fused-ring (bicyclic) bond motifs is 1. The number of likely N-dealkylation sites (tertiary alicyclic amines) is 1. The van der Waals surface area contributed by atoms with Gasteiger partial charge in [0.2, 0.25) is 11.8 Å². The van der Waals surface area contributed by atoms with E-state index < -0.39 is 5.54 Å². The molecule has 2 amide bonds. The highest BCUT2D eigenvalue weighted by molar-refractivity contribution is 6.14. The van der Waals surface area contributed by atoms with E-state index in [0.29, 0.717) is 18.3 Å². The van der Waals surface area contributed by atoms with E-state index in [-0.39, 0.29) is 11.8 Å². The van der Waals surface area contributed by atoms with Crippen molar-refractivity contribution in [2.24, 2.45) is 0 Å². The molecule has 1 aromatic rings. The summed E-state index contributed by atoms with van der Waals surface area (Å²) < 4.78 is 0. The maximum absolute atomic E-state index is 13.0. The van der Waals surface area contributed by atoms with Crippen LogP contribution in [-0.2, 0) is 9.59 Å². The summed E-state index contributed by atoms with van der Waals surface area (Å²) in [6.45, 7) is 7.10. The Kier molecular flexibility index (Phi) is 4.15. The van der Waals surface area contributed by atoms with E-state index in [0.717, 1.165) is 25.1 Å². The normalized spacial score (nSPS) is 24.0. The fraction of sp³-hybridized carbons (Fsp3) is 0.556. The summed E-state index contributed by atoms with van der Waals surface area (Å²) in [7, 11) is 0. The third kappa shape index (κ3) is 2.85. The van der Waals surface area contributed by atoms with Crippen LogP contribution in [0.4, 0.5) is 11.4 Å². The Bertz CT molecular complexity index is 626. The van der Waals surface area contributed by atoms with Gasteiger partial charge < -0.3 is 5.32 Å². The van der Waals surface area contributed by atoms with E-state index >= 15 is 0 Å². The molecule has 1 saturated heterocycles. The highest BCUT2D eigenvalue weighted by atomic mass is 16.2. The van der Waals surface area contributed by atoms with Crippen LogP contribution in [0.25, 0.3) is 0 Å². The lowest BCUT2D eigenvalue weighted by molar-refractivity contribution is -0.127. The van der Waals surface area contributed by atoms with Gasteiger partial charge in [0, 0.05) is 6.04 Å². The number of carbonyl (C=O) groups excluding carboxylic acids is 2. The van der Waals surface area contributed by atoms with Crippen LogP contribution in [0.1, 0.15) is 40.0 Å². The monoisotopic (exact) mass is 315 g/mol. The van der Waals surface area contributed by atoms with Gasteiger partial charge in [-0.3, -0.25) is 19.4 Å². The molecule has 23 heavy (non-hydrogen) atoms. The molecule has 124 valence electrons. The molecule has 1 fully saturated rings. The predicted octanol–water partition coefficient (Wildman–Crippen LogP) is 2.62. The molecular formula is C18H25N3O2. The van der Waals surface area contributed by atoms with E-state index in [4.69, 9.17) is 0 Å². The highest BCUT2D eigenvalue weighted by Gasteiger charge is 2.43. The molecule has 5 nitrogen and oxygen atoms in total. The molecule has 1 atom stereocenters. The molecule has 0 unspecified atom stereocenters. The number of anilines is 2. The van der Waals surface area contributed by atoms with Gasteiger partial charge in [0.1, 0.15) is 5.54 Å². The Morgan fingerprint density at radius 3 is 2.78 bits per heavy atom. The van der Waals surface area contributed by atoms with E-state index in [1.165, 1.54) is 6.42 Å². The molecule has 0 bridgehead atoms. The first-order valence-electron chi connectivity index (χ1n) is 8.39. The summed E-state index contributed by atoms with van der Waals surface area (Å²) in [4.78, 5) is 29.4. The number of hydrogen-bond acceptors (Lipinski definition) is 3. The summed E-state index contributed by atoms with van der Waals surface area (Å²) in [5.41, 5.74) is 0.605. The van der Waals surface area contributed by atoms with Gasteiger partial charge in [-0.1, -0.05) is 18.6 Å². The van der Waals surface area contributed by atoms with Gasteiger partial charge >= 0.3 is 0 Å². The zero-order valence-electron chi connectivity index (χ0n) is 14.1. The zero-order valence-corrected chi connectivity index (χ0v) is 14.1. The van der Waals surface area contributed by atoms with Crippen molar-refractivity contribution in [3.63, 3.8) is 0 Å². The standard InChI is InChI=1S/C18H25N3O2/c1-13-8-6-7-11-20(13)12-16(22)21-15-10-5-4-9-14(15)19-17(23)18(21,2)3/h4-5,9-10,13H,6-8,11-12H2,1-3H3,(H,19,23)/t13-/m0/s1. The fourth-order valence-corrected chi connectivity index (χ4v) is 3.54. The molecule has 3 rings (SSSR count). The third-order valence-electron chi connectivity index (χ3n) is 5.04. The maximum atomic E-state index is 13.0. The molecule has 2 aliphatic rings. The van der Waals surface area contributed by atoms with Crippen molar-refractivity contribution < 1.29 is 9.59 Å². The quantitative estimate of drug-likeness (QED) is 0.913. The van der Waals surface area contributed by atoms with Crippen LogP contribution in [0.5, 0.6) is 0 Å². The van der Waals surface area contributed by atoms with Crippen molar-refractivity contribution in [2.45, 2.75) is 51.6 Å². The minimum atomic E-state index is -0.884. The van der Waals surface area contributed by atoms with Crippen molar-refractivity contribution in [2.75, 3.05) is 23.3 Å². The molecule has 0 aliphatic carbocycles. The molecule has 0 aromatic heterocycles. The molecule has 0 radical (unpaired) electrons. The molecule has 1 aromatic carbocycles. The largest absolute Gasteiger partial charge is 0.322 e. The average Bonchev–Trinajstić information content (AvgIpc) is 2.50. The number of para-hydroxylation sites is 2. The smallest absolute Gasteiger partial charge is 0.250 e. The number of amides is 2. The number of carbonyl (C=O) groups is 2. The summed E-state index contributed by atoms with van der Waals surface area (Å²) in [5.74, 6) is -0.151. The highest BCUT2D eigenvalue weighted by Crippen LogP contribution is 2.36. The van der Waals surface area contributed by atoms with Gasteiger partial charge in [-0.05, 0) is 52.3 Å². The Morgan fingerprint density at radius 1 is 1.30 bits per heavy atom. The first-order valence-corrected chi connectivity index (χ1v) is 8.39. The molecular weight excluding hydrogens is 290 g/mol. The Balaban J connectivity index is 1.89. The lowest BCUT2D eigenvalue weighted by atomic mass is 9.95. The van der Waals surface area contributed by atoms with Crippen LogP contribution >= 0.6 is 0 Å². The van der Waals surface area contributed by atoms with Gasteiger partial charge in [-0.2, -0.15) is 0 Å². The molecule has 2 aliphatic heterocycles. The number of nitrogens with one attached hydrogen (secondary N) is 1. The number of rotatable bonds is 2. The first-order chi connectivity index (χ1) is 10.9. The van der Waals surface area contributed by atoms with Crippen molar-refractivity contribution in [1.29, 1.82) is 0 Å².